The van der Waals surface area contributed by atoms with E-state index in [4.69, 9.17) is 21.1 Å². The van der Waals surface area contributed by atoms with Gasteiger partial charge in [-0.05, 0) is 31.5 Å². The summed E-state index contributed by atoms with van der Waals surface area (Å²) in [4.78, 5) is 17.4. The van der Waals surface area contributed by atoms with E-state index in [1.165, 1.54) is 12.8 Å². The Hall–Kier alpha value is -1.18. The first kappa shape index (κ1) is 15.4. The zero-order chi connectivity index (χ0) is 15.8. The predicted octanol–water partition coefficient (Wildman–Crippen LogP) is 1.37. The number of nitrogens with zero attached hydrogens (tertiary/aromatic N) is 5. The maximum absolute atomic E-state index is 6.07. The number of halogens is 1. The van der Waals surface area contributed by atoms with Gasteiger partial charge in [-0.2, -0.15) is 15.0 Å². The Kier molecular flexibility index (Phi) is 4.26. The van der Waals surface area contributed by atoms with Gasteiger partial charge in [-0.3, -0.25) is 0 Å². The van der Waals surface area contributed by atoms with Gasteiger partial charge in [0, 0.05) is 38.0 Å². The minimum absolute atomic E-state index is 0.166. The number of morpholine rings is 1. The maximum atomic E-state index is 6.07. The SMILES string of the molecule is CN1C2CCC1CC(Oc1nc(Cl)nc(N3CCOCC3)n1)C2. The van der Waals surface area contributed by atoms with Crippen LogP contribution in [0.1, 0.15) is 25.7 Å². The van der Waals surface area contributed by atoms with E-state index >= 15 is 0 Å². The number of rotatable bonds is 3. The van der Waals surface area contributed by atoms with Gasteiger partial charge >= 0.3 is 6.01 Å². The minimum atomic E-state index is 0.166. The maximum Gasteiger partial charge on any atom is 0.322 e. The van der Waals surface area contributed by atoms with Crippen molar-refractivity contribution in [1.29, 1.82) is 0 Å². The van der Waals surface area contributed by atoms with E-state index in [0.717, 1.165) is 25.9 Å². The summed E-state index contributed by atoms with van der Waals surface area (Å²) in [5.74, 6) is 0.583. The van der Waals surface area contributed by atoms with Crippen LogP contribution in [0.4, 0.5) is 5.95 Å². The Balaban J connectivity index is 1.47. The van der Waals surface area contributed by atoms with Gasteiger partial charge in [0.2, 0.25) is 11.2 Å². The predicted molar refractivity (Wildman–Crippen MR) is 86.1 cm³/mol. The van der Waals surface area contributed by atoms with Crippen molar-refractivity contribution in [2.75, 3.05) is 38.3 Å². The molecular weight excluding hydrogens is 318 g/mol. The minimum Gasteiger partial charge on any atom is -0.460 e. The first-order chi connectivity index (χ1) is 11.2. The molecule has 0 N–H and O–H groups in total. The molecule has 0 radical (unpaired) electrons. The molecule has 0 aliphatic carbocycles. The van der Waals surface area contributed by atoms with Crippen molar-refractivity contribution in [3.8, 4) is 6.01 Å². The molecule has 8 heteroatoms. The molecular formula is C15H22ClN5O2. The molecule has 0 amide bonds. The van der Waals surface area contributed by atoms with Gasteiger partial charge in [0.1, 0.15) is 6.10 Å². The average molecular weight is 340 g/mol. The summed E-state index contributed by atoms with van der Waals surface area (Å²) >= 11 is 6.07. The third-order valence-electron chi connectivity index (χ3n) is 5.20. The van der Waals surface area contributed by atoms with Crippen LogP contribution in [0.2, 0.25) is 5.28 Å². The molecule has 4 heterocycles. The Morgan fingerprint density at radius 2 is 1.78 bits per heavy atom. The van der Waals surface area contributed by atoms with Crippen LogP contribution < -0.4 is 9.64 Å². The van der Waals surface area contributed by atoms with Crippen LogP contribution in [0.5, 0.6) is 6.01 Å². The van der Waals surface area contributed by atoms with Crippen LogP contribution in [0, 0.1) is 0 Å². The van der Waals surface area contributed by atoms with E-state index in [1.807, 2.05) is 0 Å². The van der Waals surface area contributed by atoms with Crippen LogP contribution in [-0.4, -0.2) is 71.4 Å². The summed E-state index contributed by atoms with van der Waals surface area (Å²) in [6.07, 6.45) is 4.75. The molecule has 2 unspecified atom stereocenters. The van der Waals surface area contributed by atoms with Gasteiger partial charge in [0.25, 0.3) is 0 Å². The standard InChI is InChI=1S/C15H22ClN5O2/c1-20-10-2-3-11(20)9-12(8-10)23-15-18-13(16)17-14(19-15)21-4-6-22-7-5-21/h10-12H,2-9H2,1H3. The van der Waals surface area contributed by atoms with E-state index in [0.29, 0.717) is 37.3 Å². The van der Waals surface area contributed by atoms with Crippen LogP contribution in [0.15, 0.2) is 0 Å². The Labute approximate surface area is 141 Å². The van der Waals surface area contributed by atoms with Crippen molar-refractivity contribution in [3.63, 3.8) is 0 Å². The summed E-state index contributed by atoms with van der Waals surface area (Å²) in [7, 11) is 2.22. The van der Waals surface area contributed by atoms with Crippen LogP contribution in [0.3, 0.4) is 0 Å². The zero-order valence-electron chi connectivity index (χ0n) is 13.3. The fourth-order valence-electron chi connectivity index (χ4n) is 3.89. The van der Waals surface area contributed by atoms with Gasteiger partial charge in [-0.15, -0.1) is 0 Å². The number of fused-ring (bicyclic) bond motifs is 2. The topological polar surface area (TPSA) is 63.6 Å². The largest absolute Gasteiger partial charge is 0.460 e. The van der Waals surface area contributed by atoms with Gasteiger partial charge < -0.3 is 19.3 Å². The van der Waals surface area contributed by atoms with Crippen molar-refractivity contribution in [2.45, 2.75) is 43.9 Å². The van der Waals surface area contributed by atoms with E-state index in [1.54, 1.807) is 0 Å². The lowest BCUT2D eigenvalue weighted by molar-refractivity contribution is 0.0598. The van der Waals surface area contributed by atoms with Crippen molar-refractivity contribution in [1.82, 2.24) is 19.9 Å². The Morgan fingerprint density at radius 1 is 1.09 bits per heavy atom. The molecule has 3 fully saturated rings. The second-order valence-electron chi connectivity index (χ2n) is 6.55. The smallest absolute Gasteiger partial charge is 0.322 e. The average Bonchev–Trinajstić information content (AvgIpc) is 2.77. The fraction of sp³-hybridized carbons (Fsp3) is 0.800. The molecule has 1 aromatic heterocycles. The van der Waals surface area contributed by atoms with E-state index in [9.17, 15) is 0 Å². The normalized spacial score (nSPS) is 31.4. The molecule has 0 saturated carbocycles. The molecule has 3 saturated heterocycles. The lowest BCUT2D eigenvalue weighted by atomic mass is 10.0. The van der Waals surface area contributed by atoms with Crippen LogP contribution >= 0.6 is 11.6 Å². The van der Waals surface area contributed by atoms with Crippen LogP contribution in [0.25, 0.3) is 0 Å². The molecule has 1 aromatic rings. The Bertz CT molecular complexity index is 555. The molecule has 7 nitrogen and oxygen atoms in total. The summed E-state index contributed by atoms with van der Waals surface area (Å²) in [6, 6.07) is 1.59. The van der Waals surface area contributed by atoms with Crippen molar-refractivity contribution >= 4 is 17.5 Å². The zero-order valence-corrected chi connectivity index (χ0v) is 14.1. The lowest BCUT2D eigenvalue weighted by Gasteiger charge is -2.35. The summed E-state index contributed by atoms with van der Waals surface area (Å²) in [5, 5.41) is 0.187. The lowest BCUT2D eigenvalue weighted by Crippen LogP contribution is -2.44. The molecule has 0 spiro atoms. The second kappa shape index (κ2) is 6.37. The Morgan fingerprint density at radius 3 is 2.48 bits per heavy atom. The summed E-state index contributed by atoms with van der Waals surface area (Å²) < 4.78 is 11.4. The number of aromatic nitrogens is 3. The van der Waals surface area contributed by atoms with Crippen molar-refractivity contribution < 1.29 is 9.47 Å². The first-order valence-corrected chi connectivity index (χ1v) is 8.69. The highest BCUT2D eigenvalue weighted by Gasteiger charge is 2.39. The first-order valence-electron chi connectivity index (χ1n) is 8.32. The highest BCUT2D eigenvalue weighted by Crippen LogP contribution is 2.35. The number of hydrogen-bond acceptors (Lipinski definition) is 7. The third kappa shape index (κ3) is 3.22. The number of piperidine rings is 1. The monoisotopic (exact) mass is 339 g/mol. The summed E-state index contributed by atoms with van der Waals surface area (Å²) in [5.41, 5.74) is 0. The second-order valence-corrected chi connectivity index (χ2v) is 6.89. The van der Waals surface area contributed by atoms with Gasteiger partial charge in [0.05, 0.1) is 13.2 Å². The van der Waals surface area contributed by atoms with Gasteiger partial charge in [-0.25, -0.2) is 0 Å². The molecule has 2 atom stereocenters. The van der Waals surface area contributed by atoms with Crippen molar-refractivity contribution in [2.24, 2.45) is 0 Å². The number of hydrogen-bond donors (Lipinski definition) is 0. The van der Waals surface area contributed by atoms with Crippen LogP contribution in [-0.2, 0) is 4.74 Å². The molecule has 2 bridgehead atoms. The van der Waals surface area contributed by atoms with E-state index < -0.39 is 0 Å². The summed E-state index contributed by atoms with van der Waals surface area (Å²) in [6.45, 7) is 2.88. The molecule has 4 rings (SSSR count). The molecule has 23 heavy (non-hydrogen) atoms. The van der Waals surface area contributed by atoms with Crippen molar-refractivity contribution in [3.05, 3.63) is 5.28 Å². The fourth-order valence-corrected chi connectivity index (χ4v) is 4.03. The molecule has 3 aliphatic rings. The molecule has 0 aromatic carbocycles. The highest BCUT2D eigenvalue weighted by molar-refractivity contribution is 6.28. The highest BCUT2D eigenvalue weighted by atomic mass is 35.5. The molecule has 126 valence electrons. The number of anilines is 1. The van der Waals surface area contributed by atoms with Gasteiger partial charge in [0.15, 0.2) is 0 Å². The van der Waals surface area contributed by atoms with E-state index in [-0.39, 0.29) is 11.4 Å². The third-order valence-corrected chi connectivity index (χ3v) is 5.37. The number of ether oxygens (including phenoxy) is 2. The van der Waals surface area contributed by atoms with E-state index in [2.05, 4.69) is 31.8 Å². The van der Waals surface area contributed by atoms with Gasteiger partial charge in [-0.1, -0.05) is 0 Å². The molecule has 3 aliphatic heterocycles. The quantitative estimate of drug-likeness (QED) is 0.824.